The molecule has 0 rings (SSSR count). The maximum absolute atomic E-state index is 4.18. The van der Waals surface area contributed by atoms with Gasteiger partial charge in [0.2, 0.25) is 0 Å². The first-order chi connectivity index (χ1) is 6.91. The van der Waals surface area contributed by atoms with Crippen LogP contribution in [-0.2, 0) is 0 Å². The van der Waals surface area contributed by atoms with Crippen LogP contribution in [0.2, 0.25) is 0 Å². The maximum Gasteiger partial charge on any atom is 0.191 e. The molecular weight excluding hydrogens is 333 g/mol. The van der Waals surface area contributed by atoms with Gasteiger partial charge in [0.15, 0.2) is 5.96 Å². The van der Waals surface area contributed by atoms with Crippen molar-refractivity contribution < 1.29 is 0 Å². The summed E-state index contributed by atoms with van der Waals surface area (Å²) in [6.45, 7) is 10.7. The topological polar surface area (TPSA) is 36.4 Å². The number of thioether (sulfide) groups is 1. The Morgan fingerprint density at radius 1 is 1.31 bits per heavy atom. The average Bonchev–Trinajstić information content (AvgIpc) is 2.18. The van der Waals surface area contributed by atoms with Crippen molar-refractivity contribution in [3.63, 3.8) is 0 Å². The van der Waals surface area contributed by atoms with Gasteiger partial charge in [0.25, 0.3) is 0 Å². The molecule has 0 saturated heterocycles. The zero-order chi connectivity index (χ0) is 11.9. The largest absolute Gasteiger partial charge is 0.356 e. The quantitative estimate of drug-likeness (QED) is 0.450. The summed E-state index contributed by atoms with van der Waals surface area (Å²) in [6.07, 6.45) is 2.13. The summed E-state index contributed by atoms with van der Waals surface area (Å²) in [4.78, 5) is 4.18. The molecule has 0 aliphatic heterocycles. The van der Waals surface area contributed by atoms with Crippen molar-refractivity contribution in [2.45, 2.75) is 32.4 Å². The fourth-order valence-electron chi connectivity index (χ4n) is 0.890. The summed E-state index contributed by atoms with van der Waals surface area (Å²) in [6, 6.07) is 0. The molecule has 0 aliphatic carbocycles. The Bertz CT molecular complexity index is 205. The number of guanidine groups is 1. The van der Waals surface area contributed by atoms with Gasteiger partial charge in [0.1, 0.15) is 0 Å². The van der Waals surface area contributed by atoms with Gasteiger partial charge in [0.05, 0.1) is 0 Å². The Labute approximate surface area is 122 Å². The van der Waals surface area contributed by atoms with E-state index in [4.69, 9.17) is 0 Å². The van der Waals surface area contributed by atoms with Gasteiger partial charge < -0.3 is 10.6 Å². The molecule has 5 heteroatoms. The number of rotatable bonds is 5. The van der Waals surface area contributed by atoms with Crippen LogP contribution in [0.3, 0.4) is 0 Å². The van der Waals surface area contributed by atoms with Gasteiger partial charge in [-0.1, -0.05) is 13.8 Å². The maximum atomic E-state index is 4.18. The fourth-order valence-corrected chi connectivity index (χ4v) is 1.11. The number of halogens is 1. The van der Waals surface area contributed by atoms with Crippen LogP contribution in [0.15, 0.2) is 4.99 Å². The minimum atomic E-state index is 0. The van der Waals surface area contributed by atoms with E-state index in [-0.39, 0.29) is 28.7 Å². The van der Waals surface area contributed by atoms with Crippen molar-refractivity contribution in [1.82, 2.24) is 10.6 Å². The molecule has 2 N–H and O–H groups in total. The molecule has 16 heavy (non-hydrogen) atoms. The van der Waals surface area contributed by atoms with E-state index < -0.39 is 0 Å². The Hall–Kier alpha value is 0.350. The molecule has 0 heterocycles. The highest BCUT2D eigenvalue weighted by molar-refractivity contribution is 14.0. The molecule has 0 bridgehead atoms. The summed E-state index contributed by atoms with van der Waals surface area (Å²) >= 11 is 1.86. The van der Waals surface area contributed by atoms with Crippen LogP contribution in [-0.4, -0.2) is 37.1 Å². The van der Waals surface area contributed by atoms with E-state index in [2.05, 4.69) is 49.6 Å². The number of hydrogen-bond donors (Lipinski definition) is 2. The predicted molar refractivity (Wildman–Crippen MR) is 87.2 cm³/mol. The van der Waals surface area contributed by atoms with Crippen LogP contribution in [0.5, 0.6) is 0 Å². The molecule has 0 aliphatic rings. The molecule has 0 aromatic carbocycles. The second-order valence-electron chi connectivity index (χ2n) is 4.66. The molecule has 0 amide bonds. The lowest BCUT2D eigenvalue weighted by Gasteiger charge is -2.24. The lowest BCUT2D eigenvalue weighted by atomic mass is 10.2. The van der Waals surface area contributed by atoms with Gasteiger partial charge in [-0.3, -0.25) is 4.99 Å². The smallest absolute Gasteiger partial charge is 0.191 e. The van der Waals surface area contributed by atoms with Gasteiger partial charge in [-0.2, -0.15) is 11.8 Å². The van der Waals surface area contributed by atoms with E-state index in [9.17, 15) is 0 Å². The third-order valence-corrected chi connectivity index (χ3v) is 3.39. The fraction of sp³-hybridized carbons (Fsp3) is 0.909. The Morgan fingerprint density at radius 2 is 1.88 bits per heavy atom. The van der Waals surface area contributed by atoms with Crippen LogP contribution in [0.4, 0.5) is 0 Å². The van der Waals surface area contributed by atoms with Crippen molar-refractivity contribution in [1.29, 1.82) is 0 Å². The molecule has 0 atom stereocenters. The highest BCUT2D eigenvalue weighted by Gasteiger charge is 2.15. The van der Waals surface area contributed by atoms with Crippen LogP contribution in [0.1, 0.15) is 27.7 Å². The highest BCUT2D eigenvalue weighted by atomic mass is 127. The minimum Gasteiger partial charge on any atom is -0.356 e. The van der Waals surface area contributed by atoms with Gasteiger partial charge in [-0.05, 0) is 26.0 Å². The Morgan fingerprint density at radius 3 is 2.25 bits per heavy atom. The Kier molecular flexibility index (Phi) is 11.0. The van der Waals surface area contributed by atoms with E-state index in [0.717, 1.165) is 19.0 Å². The SMILES string of the molecule is CN=C(NCC(C)C)NCC(C)(C)SC.I. The number of aliphatic imine (C=N–C) groups is 1. The van der Waals surface area contributed by atoms with Crippen LogP contribution in [0, 0.1) is 5.92 Å². The number of nitrogens with zero attached hydrogens (tertiary/aromatic N) is 1. The standard InChI is InChI=1S/C11H25N3S.HI/c1-9(2)7-13-10(12-5)14-8-11(3,4)15-6;/h9H,7-8H2,1-6H3,(H2,12,13,14);1H. The lowest BCUT2D eigenvalue weighted by Crippen LogP contribution is -2.44. The monoisotopic (exact) mass is 359 g/mol. The number of nitrogens with one attached hydrogen (secondary N) is 2. The summed E-state index contributed by atoms with van der Waals surface area (Å²) in [5.41, 5.74) is 0. The average molecular weight is 359 g/mol. The van der Waals surface area contributed by atoms with Crippen LogP contribution in [0.25, 0.3) is 0 Å². The summed E-state index contributed by atoms with van der Waals surface area (Å²) < 4.78 is 0.245. The summed E-state index contributed by atoms with van der Waals surface area (Å²) in [7, 11) is 1.81. The van der Waals surface area contributed by atoms with E-state index in [1.165, 1.54) is 0 Å². The zero-order valence-electron chi connectivity index (χ0n) is 11.3. The summed E-state index contributed by atoms with van der Waals surface area (Å²) in [5, 5.41) is 6.63. The number of hydrogen-bond acceptors (Lipinski definition) is 2. The van der Waals surface area contributed by atoms with Crippen molar-refractivity contribution in [3.8, 4) is 0 Å². The first-order valence-electron chi connectivity index (χ1n) is 5.41. The Balaban J connectivity index is 0. The molecule has 3 nitrogen and oxygen atoms in total. The summed E-state index contributed by atoms with van der Waals surface area (Å²) in [5.74, 6) is 1.53. The molecule has 0 radical (unpaired) electrons. The second-order valence-corrected chi connectivity index (χ2v) is 6.18. The zero-order valence-corrected chi connectivity index (χ0v) is 14.4. The van der Waals surface area contributed by atoms with Gasteiger partial charge in [0, 0.05) is 24.9 Å². The van der Waals surface area contributed by atoms with Crippen LogP contribution < -0.4 is 10.6 Å². The third-order valence-electron chi connectivity index (χ3n) is 2.14. The molecule has 0 aromatic heterocycles. The molecule has 0 unspecified atom stereocenters. The molecule has 0 aromatic rings. The molecule has 0 fully saturated rings. The highest BCUT2D eigenvalue weighted by Crippen LogP contribution is 2.19. The van der Waals surface area contributed by atoms with Crippen molar-refractivity contribution >= 4 is 41.7 Å². The van der Waals surface area contributed by atoms with Gasteiger partial charge >= 0.3 is 0 Å². The molecule has 98 valence electrons. The predicted octanol–water partition coefficient (Wildman–Crippen LogP) is 2.57. The molecule has 0 spiro atoms. The van der Waals surface area contributed by atoms with Crippen LogP contribution >= 0.6 is 35.7 Å². The van der Waals surface area contributed by atoms with Crippen molar-refractivity contribution in [2.75, 3.05) is 26.4 Å². The first kappa shape index (κ1) is 18.7. The second kappa shape index (κ2) is 9.39. The lowest BCUT2D eigenvalue weighted by molar-refractivity contribution is 0.605. The molecular formula is C11H26IN3S. The van der Waals surface area contributed by atoms with Gasteiger partial charge in [-0.25, -0.2) is 0 Å². The third kappa shape index (κ3) is 9.57. The van der Waals surface area contributed by atoms with Crippen molar-refractivity contribution in [3.05, 3.63) is 0 Å². The minimum absolute atomic E-state index is 0. The van der Waals surface area contributed by atoms with Crippen molar-refractivity contribution in [2.24, 2.45) is 10.9 Å². The molecule has 0 saturated carbocycles. The normalized spacial score (nSPS) is 12.3. The van der Waals surface area contributed by atoms with E-state index in [1.54, 1.807) is 0 Å². The van der Waals surface area contributed by atoms with E-state index >= 15 is 0 Å². The van der Waals surface area contributed by atoms with E-state index in [0.29, 0.717) is 5.92 Å². The van der Waals surface area contributed by atoms with Gasteiger partial charge in [-0.15, -0.1) is 24.0 Å². The van der Waals surface area contributed by atoms with E-state index in [1.807, 2.05) is 18.8 Å². The first-order valence-corrected chi connectivity index (χ1v) is 6.63.